The van der Waals surface area contributed by atoms with Crippen molar-refractivity contribution in [3.63, 3.8) is 0 Å². The van der Waals surface area contributed by atoms with Crippen LogP contribution in [-0.4, -0.2) is 39.4 Å². The Morgan fingerprint density at radius 1 is 1.44 bits per heavy atom. The zero-order valence-electron chi connectivity index (χ0n) is 9.45. The van der Waals surface area contributed by atoms with Gasteiger partial charge in [0.2, 0.25) is 0 Å². The highest BCUT2D eigenvalue weighted by atomic mass is 35.5. The molecule has 1 unspecified atom stereocenters. The third-order valence-corrected chi connectivity index (χ3v) is 3.01. The van der Waals surface area contributed by atoms with Crippen molar-refractivity contribution in [3.05, 3.63) is 29.3 Å². The average Bonchev–Trinajstić information content (AvgIpc) is 2.31. The Hall–Kier alpha value is -0.770. The van der Waals surface area contributed by atoms with Crippen molar-refractivity contribution in [3.8, 4) is 0 Å². The van der Waals surface area contributed by atoms with Gasteiger partial charge < -0.3 is 15.0 Å². The van der Waals surface area contributed by atoms with Crippen LogP contribution in [0.5, 0.6) is 0 Å². The van der Waals surface area contributed by atoms with Gasteiger partial charge in [0, 0.05) is 30.3 Å². The zero-order valence-corrected chi connectivity index (χ0v) is 10.2. The Kier molecular flexibility index (Phi) is 4.04. The summed E-state index contributed by atoms with van der Waals surface area (Å²) in [7, 11) is 1.95. The van der Waals surface area contributed by atoms with Gasteiger partial charge in [0.25, 0.3) is 0 Å². The van der Waals surface area contributed by atoms with Crippen LogP contribution in [0, 0.1) is 0 Å². The van der Waals surface area contributed by atoms with Gasteiger partial charge in [-0.1, -0.05) is 11.6 Å². The summed E-state index contributed by atoms with van der Waals surface area (Å²) in [5, 5.41) is 3.93. The molecule has 4 heteroatoms. The van der Waals surface area contributed by atoms with Crippen LogP contribution in [0.4, 0.5) is 5.69 Å². The van der Waals surface area contributed by atoms with Gasteiger partial charge in [-0.05, 0) is 31.3 Å². The third kappa shape index (κ3) is 2.88. The summed E-state index contributed by atoms with van der Waals surface area (Å²) in [4.78, 5) is 2.34. The second-order valence-corrected chi connectivity index (χ2v) is 4.41. The van der Waals surface area contributed by atoms with Gasteiger partial charge in [0.05, 0.1) is 12.7 Å². The molecule has 0 aliphatic carbocycles. The Morgan fingerprint density at radius 3 is 2.88 bits per heavy atom. The number of rotatable bonds is 3. The molecule has 0 spiro atoms. The van der Waals surface area contributed by atoms with Crippen molar-refractivity contribution >= 4 is 17.3 Å². The lowest BCUT2D eigenvalue weighted by molar-refractivity contribution is 0.0422. The van der Waals surface area contributed by atoms with Gasteiger partial charge in [-0.15, -0.1) is 0 Å². The Balaban J connectivity index is 2.01. The summed E-state index contributed by atoms with van der Waals surface area (Å²) < 4.78 is 5.66. The van der Waals surface area contributed by atoms with Crippen LogP contribution >= 0.6 is 11.6 Å². The Morgan fingerprint density at radius 2 is 2.19 bits per heavy atom. The predicted octanol–water partition coefficient (Wildman–Crippen LogP) is 1.76. The molecular formula is C12H17ClN2O. The van der Waals surface area contributed by atoms with Crippen molar-refractivity contribution in [1.82, 2.24) is 5.32 Å². The van der Waals surface area contributed by atoms with Gasteiger partial charge >= 0.3 is 0 Å². The maximum Gasteiger partial charge on any atom is 0.0874 e. The molecule has 0 saturated carbocycles. The monoisotopic (exact) mass is 240 g/mol. The second-order valence-electron chi connectivity index (χ2n) is 3.97. The number of hydrogen-bond acceptors (Lipinski definition) is 3. The van der Waals surface area contributed by atoms with Crippen molar-refractivity contribution < 1.29 is 4.74 Å². The summed E-state index contributed by atoms with van der Waals surface area (Å²) in [6.45, 7) is 3.56. The van der Waals surface area contributed by atoms with E-state index < -0.39 is 0 Å². The minimum Gasteiger partial charge on any atom is -0.373 e. The minimum absolute atomic E-state index is 0.273. The van der Waals surface area contributed by atoms with Crippen LogP contribution in [0.1, 0.15) is 0 Å². The summed E-state index contributed by atoms with van der Waals surface area (Å²) in [6.07, 6.45) is 0.273. The standard InChI is InChI=1S/C12H17ClN2O/c1-14-8-12-9-15(6-7-16-12)11-4-2-10(13)3-5-11/h2-5,12,14H,6-9H2,1H3. The van der Waals surface area contributed by atoms with E-state index in [1.807, 2.05) is 19.2 Å². The van der Waals surface area contributed by atoms with E-state index in [-0.39, 0.29) is 6.10 Å². The molecule has 1 atom stereocenters. The fourth-order valence-electron chi connectivity index (χ4n) is 1.96. The minimum atomic E-state index is 0.273. The van der Waals surface area contributed by atoms with E-state index in [1.165, 1.54) is 5.69 Å². The van der Waals surface area contributed by atoms with Crippen LogP contribution in [-0.2, 0) is 4.74 Å². The molecule has 1 saturated heterocycles. The number of morpholine rings is 1. The van der Waals surface area contributed by atoms with Crippen molar-refractivity contribution in [2.45, 2.75) is 6.10 Å². The van der Waals surface area contributed by atoms with Gasteiger partial charge in [0.15, 0.2) is 0 Å². The molecular weight excluding hydrogens is 224 g/mol. The first-order valence-corrected chi connectivity index (χ1v) is 5.94. The van der Waals surface area contributed by atoms with Gasteiger partial charge in [-0.2, -0.15) is 0 Å². The quantitative estimate of drug-likeness (QED) is 0.872. The summed E-state index contributed by atoms with van der Waals surface area (Å²) in [5.74, 6) is 0. The van der Waals surface area contributed by atoms with Crippen LogP contribution in [0.3, 0.4) is 0 Å². The molecule has 88 valence electrons. The van der Waals surface area contributed by atoms with E-state index in [1.54, 1.807) is 0 Å². The maximum absolute atomic E-state index is 5.88. The number of hydrogen-bond donors (Lipinski definition) is 1. The third-order valence-electron chi connectivity index (χ3n) is 2.76. The predicted molar refractivity (Wildman–Crippen MR) is 67.3 cm³/mol. The van der Waals surface area contributed by atoms with E-state index in [0.29, 0.717) is 0 Å². The molecule has 0 radical (unpaired) electrons. The summed E-state index contributed by atoms with van der Waals surface area (Å²) in [5.41, 5.74) is 1.22. The lowest BCUT2D eigenvalue weighted by atomic mass is 10.2. The molecule has 1 aromatic carbocycles. The van der Waals surface area contributed by atoms with Crippen LogP contribution in [0.15, 0.2) is 24.3 Å². The Labute approximate surface area is 101 Å². The molecule has 16 heavy (non-hydrogen) atoms. The van der Waals surface area contributed by atoms with Crippen molar-refractivity contribution in [2.24, 2.45) is 0 Å². The van der Waals surface area contributed by atoms with E-state index in [4.69, 9.17) is 16.3 Å². The fraction of sp³-hybridized carbons (Fsp3) is 0.500. The normalized spacial score (nSPS) is 21.1. The van der Waals surface area contributed by atoms with Gasteiger partial charge in [0.1, 0.15) is 0 Å². The number of nitrogens with one attached hydrogen (secondary N) is 1. The fourth-order valence-corrected chi connectivity index (χ4v) is 2.08. The molecule has 1 fully saturated rings. The van der Waals surface area contributed by atoms with Crippen LogP contribution in [0.25, 0.3) is 0 Å². The van der Waals surface area contributed by atoms with Gasteiger partial charge in [-0.25, -0.2) is 0 Å². The molecule has 1 aliphatic rings. The first kappa shape index (κ1) is 11.7. The highest BCUT2D eigenvalue weighted by Crippen LogP contribution is 2.20. The zero-order chi connectivity index (χ0) is 11.4. The number of ether oxygens (including phenoxy) is 1. The molecule has 1 aliphatic heterocycles. The molecule has 0 bridgehead atoms. The molecule has 1 aromatic rings. The van der Waals surface area contributed by atoms with Crippen LogP contribution < -0.4 is 10.2 Å². The number of halogens is 1. The van der Waals surface area contributed by atoms with Crippen molar-refractivity contribution in [1.29, 1.82) is 0 Å². The van der Waals surface area contributed by atoms with E-state index >= 15 is 0 Å². The topological polar surface area (TPSA) is 24.5 Å². The number of anilines is 1. The van der Waals surface area contributed by atoms with Crippen LogP contribution in [0.2, 0.25) is 5.02 Å². The highest BCUT2D eigenvalue weighted by Gasteiger charge is 2.19. The molecule has 1 N–H and O–H groups in total. The Bertz CT molecular complexity index is 326. The van der Waals surface area contributed by atoms with E-state index in [9.17, 15) is 0 Å². The van der Waals surface area contributed by atoms with E-state index in [2.05, 4.69) is 22.3 Å². The van der Waals surface area contributed by atoms with Gasteiger partial charge in [-0.3, -0.25) is 0 Å². The summed E-state index contributed by atoms with van der Waals surface area (Å²) in [6, 6.07) is 7.98. The lowest BCUT2D eigenvalue weighted by Gasteiger charge is -2.34. The molecule has 1 heterocycles. The van der Waals surface area contributed by atoms with Crippen molar-refractivity contribution in [2.75, 3.05) is 38.2 Å². The number of likely N-dealkylation sites (N-methyl/N-ethyl adjacent to an activating group) is 1. The first-order valence-electron chi connectivity index (χ1n) is 5.56. The molecule has 0 amide bonds. The smallest absolute Gasteiger partial charge is 0.0874 e. The summed E-state index contributed by atoms with van der Waals surface area (Å²) >= 11 is 5.88. The lowest BCUT2D eigenvalue weighted by Crippen LogP contribution is -2.46. The maximum atomic E-state index is 5.88. The molecule has 0 aromatic heterocycles. The molecule has 2 rings (SSSR count). The highest BCUT2D eigenvalue weighted by molar-refractivity contribution is 6.30. The number of nitrogens with zero attached hydrogens (tertiary/aromatic N) is 1. The largest absolute Gasteiger partial charge is 0.373 e. The average molecular weight is 241 g/mol. The second kappa shape index (κ2) is 5.53. The molecule has 3 nitrogen and oxygen atoms in total. The SMILES string of the molecule is CNCC1CN(c2ccc(Cl)cc2)CCO1. The van der Waals surface area contributed by atoms with E-state index in [0.717, 1.165) is 31.3 Å². The first-order chi connectivity index (χ1) is 7.79. The number of benzene rings is 1.